The minimum atomic E-state index is -0.569. The molecule has 1 aromatic carbocycles. The molecule has 2 aromatic rings. The molecule has 2 saturated heterocycles. The van der Waals surface area contributed by atoms with Gasteiger partial charge in [-0.15, -0.1) is 0 Å². The molecule has 1 atom stereocenters. The van der Waals surface area contributed by atoms with E-state index in [4.69, 9.17) is 20.4 Å². The number of nitrogens with zero attached hydrogens (tertiary/aromatic N) is 4. The SMILES string of the molecule is COC(=O)C1CCN(C(=O)C2(Cc3ccccc3)CN(c3nccc(N)n3)C2)C1.O=CO. The average Bonchev–Trinajstić information content (AvgIpc) is 3.26. The standard InChI is InChI=1S/C21H25N5O3.CH2O2/c1-29-18(27)16-8-10-25(12-16)19(28)21(11-15-5-3-2-4-6-15)13-26(14-21)20-23-9-7-17(22)24-20;2-1-3/h2-7,9,16H,8,10-14H2,1H3,(H2,22,23,24);1H,(H,2,3). The third kappa shape index (κ3) is 4.96. The van der Waals surface area contributed by atoms with Crippen LogP contribution in [0.4, 0.5) is 11.8 Å². The number of rotatable bonds is 5. The van der Waals surface area contributed by atoms with Crippen LogP contribution >= 0.6 is 0 Å². The summed E-state index contributed by atoms with van der Waals surface area (Å²) >= 11 is 0. The van der Waals surface area contributed by atoms with Crippen molar-refractivity contribution in [1.29, 1.82) is 0 Å². The smallest absolute Gasteiger partial charge is 0.310 e. The fourth-order valence-electron chi connectivity index (χ4n) is 4.29. The highest BCUT2D eigenvalue weighted by Gasteiger charge is 2.52. The van der Waals surface area contributed by atoms with E-state index in [0.717, 1.165) is 5.56 Å². The Labute approximate surface area is 186 Å². The third-order valence-corrected chi connectivity index (χ3v) is 5.78. The summed E-state index contributed by atoms with van der Waals surface area (Å²) in [7, 11) is 1.39. The zero-order chi connectivity index (χ0) is 23.1. The van der Waals surface area contributed by atoms with Gasteiger partial charge in [-0.25, -0.2) is 4.98 Å². The number of aromatic nitrogens is 2. The number of ether oxygens (including phenoxy) is 1. The Bertz CT molecular complexity index is 949. The molecular weight excluding hydrogens is 414 g/mol. The summed E-state index contributed by atoms with van der Waals surface area (Å²) in [5.74, 6) is 0.526. The molecule has 10 nitrogen and oxygen atoms in total. The first-order valence-corrected chi connectivity index (χ1v) is 10.2. The van der Waals surface area contributed by atoms with Gasteiger partial charge in [0.2, 0.25) is 11.9 Å². The van der Waals surface area contributed by atoms with E-state index in [-0.39, 0.29) is 24.3 Å². The predicted molar refractivity (Wildman–Crippen MR) is 117 cm³/mol. The van der Waals surface area contributed by atoms with E-state index in [9.17, 15) is 9.59 Å². The molecule has 3 N–H and O–H groups in total. The number of hydrogen-bond acceptors (Lipinski definition) is 8. The maximum Gasteiger partial charge on any atom is 0.310 e. The second-order valence-electron chi connectivity index (χ2n) is 7.95. The van der Waals surface area contributed by atoms with E-state index < -0.39 is 5.41 Å². The molecule has 1 aromatic heterocycles. The quantitative estimate of drug-likeness (QED) is 0.510. The summed E-state index contributed by atoms with van der Waals surface area (Å²) in [6, 6.07) is 11.6. The van der Waals surface area contributed by atoms with Crippen LogP contribution in [0.1, 0.15) is 12.0 Å². The molecule has 2 fully saturated rings. The molecule has 0 spiro atoms. The fourth-order valence-corrected chi connectivity index (χ4v) is 4.29. The monoisotopic (exact) mass is 441 g/mol. The van der Waals surface area contributed by atoms with Crippen molar-refractivity contribution in [2.75, 3.05) is 43.9 Å². The summed E-state index contributed by atoms with van der Waals surface area (Å²) in [6.45, 7) is 1.77. The van der Waals surface area contributed by atoms with Gasteiger partial charge in [0.25, 0.3) is 6.47 Å². The molecule has 3 heterocycles. The van der Waals surface area contributed by atoms with Gasteiger partial charge in [-0.1, -0.05) is 30.3 Å². The van der Waals surface area contributed by atoms with Crippen molar-refractivity contribution < 1.29 is 24.2 Å². The first-order valence-electron chi connectivity index (χ1n) is 10.2. The number of esters is 1. The van der Waals surface area contributed by atoms with Crippen LogP contribution in [0.25, 0.3) is 0 Å². The Balaban J connectivity index is 0.000000913. The number of carbonyl (C=O) groups is 3. The third-order valence-electron chi connectivity index (χ3n) is 5.78. The highest BCUT2D eigenvalue weighted by molar-refractivity contribution is 5.87. The van der Waals surface area contributed by atoms with Gasteiger partial charge in [-0.3, -0.25) is 14.4 Å². The molecule has 0 bridgehead atoms. The summed E-state index contributed by atoms with van der Waals surface area (Å²) in [6.07, 6.45) is 2.89. The predicted octanol–water partition coefficient (Wildman–Crippen LogP) is 0.830. The van der Waals surface area contributed by atoms with Crippen LogP contribution in [0.5, 0.6) is 0 Å². The zero-order valence-corrected chi connectivity index (χ0v) is 17.9. The van der Waals surface area contributed by atoms with E-state index in [0.29, 0.717) is 50.8 Å². The van der Waals surface area contributed by atoms with Gasteiger partial charge >= 0.3 is 5.97 Å². The van der Waals surface area contributed by atoms with Crippen LogP contribution < -0.4 is 10.6 Å². The number of likely N-dealkylation sites (tertiary alicyclic amines) is 1. The highest BCUT2D eigenvalue weighted by atomic mass is 16.5. The molecule has 2 aliphatic heterocycles. The number of anilines is 2. The van der Waals surface area contributed by atoms with Gasteiger partial charge in [0, 0.05) is 32.4 Å². The second kappa shape index (κ2) is 10.1. The second-order valence-corrected chi connectivity index (χ2v) is 7.95. The largest absolute Gasteiger partial charge is 0.483 e. The minimum Gasteiger partial charge on any atom is -0.483 e. The lowest BCUT2D eigenvalue weighted by atomic mass is 9.73. The van der Waals surface area contributed by atoms with Crippen molar-refractivity contribution in [1.82, 2.24) is 14.9 Å². The minimum absolute atomic E-state index is 0.0768. The maximum absolute atomic E-state index is 13.5. The molecule has 0 aliphatic carbocycles. The Kier molecular flexibility index (Phi) is 7.24. The number of amides is 1. The summed E-state index contributed by atoms with van der Waals surface area (Å²) in [4.78, 5) is 46.1. The Morgan fingerprint density at radius 3 is 2.59 bits per heavy atom. The van der Waals surface area contributed by atoms with Gasteiger partial charge in [-0.05, 0) is 24.5 Å². The molecule has 10 heteroatoms. The van der Waals surface area contributed by atoms with Crippen molar-refractivity contribution in [3.8, 4) is 0 Å². The van der Waals surface area contributed by atoms with Crippen molar-refractivity contribution >= 4 is 30.1 Å². The fraction of sp³-hybridized carbons (Fsp3) is 0.409. The molecule has 170 valence electrons. The normalized spacial score (nSPS) is 18.7. The lowest BCUT2D eigenvalue weighted by molar-refractivity contribution is -0.146. The molecule has 1 amide bonds. The number of hydrogen-bond donors (Lipinski definition) is 2. The van der Waals surface area contributed by atoms with Gasteiger partial charge in [0.05, 0.1) is 18.4 Å². The lowest BCUT2D eigenvalue weighted by Crippen LogP contribution is -2.65. The number of carbonyl (C=O) groups excluding carboxylic acids is 2. The van der Waals surface area contributed by atoms with Gasteiger partial charge in [-0.2, -0.15) is 4.98 Å². The zero-order valence-electron chi connectivity index (χ0n) is 17.9. The first-order chi connectivity index (χ1) is 15.4. The van der Waals surface area contributed by atoms with Gasteiger partial charge in [0.1, 0.15) is 5.82 Å². The molecule has 32 heavy (non-hydrogen) atoms. The molecule has 4 rings (SSSR count). The van der Waals surface area contributed by atoms with E-state index >= 15 is 0 Å². The van der Waals surface area contributed by atoms with Gasteiger partial charge < -0.3 is 25.4 Å². The number of nitrogens with two attached hydrogens (primary N) is 1. The van der Waals surface area contributed by atoms with E-state index in [1.54, 1.807) is 12.3 Å². The average molecular weight is 441 g/mol. The van der Waals surface area contributed by atoms with Crippen LogP contribution in [-0.2, 0) is 25.5 Å². The molecule has 0 radical (unpaired) electrons. The van der Waals surface area contributed by atoms with Gasteiger partial charge in [0.15, 0.2) is 0 Å². The van der Waals surface area contributed by atoms with Crippen molar-refractivity contribution in [2.24, 2.45) is 11.3 Å². The Morgan fingerprint density at radius 2 is 1.97 bits per heavy atom. The van der Waals surface area contributed by atoms with Crippen LogP contribution in [0.2, 0.25) is 0 Å². The lowest BCUT2D eigenvalue weighted by Gasteiger charge is -2.50. The summed E-state index contributed by atoms with van der Waals surface area (Å²) < 4.78 is 4.86. The molecule has 0 saturated carbocycles. The number of methoxy groups -OCH3 is 1. The van der Waals surface area contributed by atoms with E-state index in [2.05, 4.69) is 9.97 Å². The highest BCUT2D eigenvalue weighted by Crippen LogP contribution is 2.39. The Morgan fingerprint density at radius 1 is 1.28 bits per heavy atom. The summed E-state index contributed by atoms with van der Waals surface area (Å²) in [5.41, 5.74) is 6.33. The molecular formula is C22H27N5O5. The van der Waals surface area contributed by atoms with Crippen LogP contribution in [0, 0.1) is 11.3 Å². The number of benzene rings is 1. The van der Waals surface area contributed by atoms with Crippen LogP contribution in [0.3, 0.4) is 0 Å². The number of nitrogen functional groups attached to an aromatic ring is 1. The first kappa shape index (κ1) is 23.0. The van der Waals surface area contributed by atoms with Crippen molar-refractivity contribution in [3.63, 3.8) is 0 Å². The van der Waals surface area contributed by atoms with Crippen LogP contribution in [0.15, 0.2) is 42.6 Å². The number of carboxylic acid groups (broad SMARTS) is 1. The van der Waals surface area contributed by atoms with Crippen molar-refractivity contribution in [3.05, 3.63) is 48.2 Å². The molecule has 1 unspecified atom stereocenters. The van der Waals surface area contributed by atoms with E-state index in [1.165, 1.54) is 7.11 Å². The van der Waals surface area contributed by atoms with E-state index in [1.807, 2.05) is 40.1 Å². The maximum atomic E-state index is 13.5. The van der Waals surface area contributed by atoms with Crippen molar-refractivity contribution in [2.45, 2.75) is 12.8 Å². The Hall–Kier alpha value is -3.69. The van der Waals surface area contributed by atoms with Crippen LogP contribution in [-0.4, -0.2) is 71.6 Å². The summed E-state index contributed by atoms with van der Waals surface area (Å²) in [5, 5.41) is 6.89. The molecule has 2 aliphatic rings. The topological polar surface area (TPSA) is 139 Å².